The SMILES string of the molecule is CC1CC(CC2CCC3OC3C2)(C(=O)O)C(CC2CCC3OC3C2)C2OC12. The minimum atomic E-state index is -0.606. The molecule has 3 saturated carbocycles. The molecule has 3 aliphatic heterocycles. The minimum Gasteiger partial charge on any atom is -0.481 e. The van der Waals surface area contributed by atoms with Gasteiger partial charge < -0.3 is 19.3 Å². The Kier molecular flexibility index (Phi) is 3.78. The van der Waals surface area contributed by atoms with Crippen LogP contribution in [0.5, 0.6) is 0 Å². The fourth-order valence-corrected chi connectivity index (χ4v) is 7.25. The van der Waals surface area contributed by atoms with Crippen molar-refractivity contribution >= 4 is 5.97 Å². The quantitative estimate of drug-likeness (QED) is 0.745. The zero-order valence-corrected chi connectivity index (χ0v) is 16.2. The van der Waals surface area contributed by atoms with E-state index in [1.54, 1.807) is 0 Å². The van der Waals surface area contributed by atoms with Gasteiger partial charge in [-0.15, -0.1) is 0 Å². The fourth-order valence-electron chi connectivity index (χ4n) is 7.25. The van der Waals surface area contributed by atoms with Crippen LogP contribution in [0.4, 0.5) is 0 Å². The molecule has 11 unspecified atom stereocenters. The average molecular weight is 376 g/mol. The van der Waals surface area contributed by atoms with Gasteiger partial charge in [-0.25, -0.2) is 0 Å². The Morgan fingerprint density at radius 3 is 2.26 bits per heavy atom. The van der Waals surface area contributed by atoms with Gasteiger partial charge in [0.15, 0.2) is 0 Å². The highest BCUT2D eigenvalue weighted by atomic mass is 16.6. The van der Waals surface area contributed by atoms with E-state index in [1.807, 2.05) is 0 Å². The molecule has 27 heavy (non-hydrogen) atoms. The van der Waals surface area contributed by atoms with Gasteiger partial charge in [-0.3, -0.25) is 4.79 Å². The van der Waals surface area contributed by atoms with Crippen LogP contribution in [-0.4, -0.2) is 47.7 Å². The molecule has 3 heterocycles. The van der Waals surface area contributed by atoms with Crippen LogP contribution in [-0.2, 0) is 19.0 Å². The first kappa shape index (κ1) is 17.2. The van der Waals surface area contributed by atoms with Crippen molar-refractivity contribution in [3.8, 4) is 0 Å². The van der Waals surface area contributed by atoms with Crippen molar-refractivity contribution < 1.29 is 24.1 Å². The molecule has 3 saturated heterocycles. The summed E-state index contributed by atoms with van der Waals surface area (Å²) in [5.41, 5.74) is -0.606. The van der Waals surface area contributed by atoms with Crippen LogP contribution < -0.4 is 0 Å². The summed E-state index contributed by atoms with van der Waals surface area (Å²) in [6.45, 7) is 2.20. The second kappa shape index (κ2) is 5.93. The van der Waals surface area contributed by atoms with Crippen molar-refractivity contribution in [2.24, 2.45) is 29.1 Å². The van der Waals surface area contributed by atoms with Crippen molar-refractivity contribution in [2.45, 2.75) is 101 Å². The summed E-state index contributed by atoms with van der Waals surface area (Å²) in [4.78, 5) is 12.8. The third-order valence-electron chi connectivity index (χ3n) is 8.81. The number of fused-ring (bicyclic) bond motifs is 3. The lowest BCUT2D eigenvalue weighted by Crippen LogP contribution is -2.49. The molecular formula is C22H32O5. The molecule has 0 bridgehead atoms. The van der Waals surface area contributed by atoms with E-state index in [1.165, 1.54) is 6.42 Å². The van der Waals surface area contributed by atoms with Gasteiger partial charge in [-0.05, 0) is 75.5 Å². The fraction of sp³-hybridized carbons (Fsp3) is 0.955. The number of carbonyl (C=O) groups is 1. The van der Waals surface area contributed by atoms with Gasteiger partial charge in [0.25, 0.3) is 0 Å². The van der Waals surface area contributed by atoms with Gasteiger partial charge in [-0.2, -0.15) is 0 Å². The van der Waals surface area contributed by atoms with Gasteiger partial charge in [0.1, 0.15) is 0 Å². The van der Waals surface area contributed by atoms with Crippen LogP contribution in [0.15, 0.2) is 0 Å². The maximum absolute atomic E-state index is 12.8. The molecule has 0 spiro atoms. The summed E-state index contributed by atoms with van der Waals surface area (Å²) in [5.74, 6) is 1.08. The Hall–Kier alpha value is -0.650. The molecule has 0 aromatic rings. The number of rotatable bonds is 5. The molecule has 6 rings (SSSR count). The molecule has 0 amide bonds. The molecule has 6 aliphatic rings. The van der Waals surface area contributed by atoms with Crippen LogP contribution in [0.25, 0.3) is 0 Å². The normalized spacial score (nSPS) is 57.8. The number of hydrogen-bond acceptors (Lipinski definition) is 4. The number of carboxylic acid groups (broad SMARTS) is 1. The van der Waals surface area contributed by atoms with Crippen molar-refractivity contribution in [3.05, 3.63) is 0 Å². The number of epoxide rings is 3. The van der Waals surface area contributed by atoms with Crippen LogP contribution in [0.2, 0.25) is 0 Å². The Morgan fingerprint density at radius 1 is 0.926 bits per heavy atom. The van der Waals surface area contributed by atoms with Crippen molar-refractivity contribution in [3.63, 3.8) is 0 Å². The molecule has 0 aromatic heterocycles. The maximum Gasteiger partial charge on any atom is 0.310 e. The summed E-state index contributed by atoms with van der Waals surface area (Å²) in [6, 6.07) is 0. The second-order valence-corrected chi connectivity index (χ2v) is 10.5. The highest BCUT2D eigenvalue weighted by molar-refractivity contribution is 5.75. The summed E-state index contributed by atoms with van der Waals surface area (Å²) < 4.78 is 17.5. The summed E-state index contributed by atoms with van der Waals surface area (Å²) in [5, 5.41) is 10.5. The van der Waals surface area contributed by atoms with E-state index >= 15 is 0 Å². The maximum atomic E-state index is 12.8. The third kappa shape index (κ3) is 2.87. The van der Waals surface area contributed by atoms with E-state index in [2.05, 4.69) is 6.92 Å². The van der Waals surface area contributed by atoms with Crippen LogP contribution in [0.1, 0.15) is 64.7 Å². The van der Waals surface area contributed by atoms with Gasteiger partial charge in [0.05, 0.1) is 42.0 Å². The number of aliphatic carboxylic acids is 1. The monoisotopic (exact) mass is 376 g/mol. The Balaban J connectivity index is 1.24. The molecule has 11 atom stereocenters. The standard InChI is InChI=1S/C22H32O5/c1-11-9-22(21(23)24,10-13-3-5-16-18(8-13)26-16)14(20-19(11)27-20)6-12-2-4-15-17(7-12)25-15/h11-20H,2-10H2,1H3,(H,23,24). The molecule has 5 nitrogen and oxygen atoms in total. The van der Waals surface area contributed by atoms with E-state index in [0.717, 1.165) is 51.4 Å². The predicted octanol–water partition coefficient (Wildman–Crippen LogP) is 3.40. The van der Waals surface area contributed by atoms with E-state index in [4.69, 9.17) is 14.2 Å². The lowest BCUT2D eigenvalue weighted by Gasteiger charge is -2.45. The van der Waals surface area contributed by atoms with Crippen LogP contribution in [0.3, 0.4) is 0 Å². The Morgan fingerprint density at radius 2 is 1.59 bits per heavy atom. The summed E-state index contributed by atoms with van der Waals surface area (Å²) in [7, 11) is 0. The molecule has 1 N–H and O–H groups in total. The minimum absolute atomic E-state index is 0.175. The number of carboxylic acids is 1. The molecule has 0 radical (unpaired) electrons. The topological polar surface area (TPSA) is 74.9 Å². The van der Waals surface area contributed by atoms with Crippen LogP contribution in [0, 0.1) is 29.1 Å². The zero-order valence-electron chi connectivity index (χ0n) is 16.2. The molecule has 3 aliphatic carbocycles. The molecular weight excluding hydrogens is 344 g/mol. The first-order valence-electron chi connectivity index (χ1n) is 11.2. The largest absolute Gasteiger partial charge is 0.481 e. The lowest BCUT2D eigenvalue weighted by molar-refractivity contribution is -0.158. The zero-order chi connectivity index (χ0) is 18.3. The Labute approximate surface area is 161 Å². The van der Waals surface area contributed by atoms with Gasteiger partial charge >= 0.3 is 5.97 Å². The highest BCUT2D eigenvalue weighted by Crippen LogP contribution is 2.60. The first-order chi connectivity index (χ1) is 13.0. The highest BCUT2D eigenvalue weighted by Gasteiger charge is 2.64. The molecule has 0 aromatic carbocycles. The van der Waals surface area contributed by atoms with E-state index in [-0.39, 0.29) is 12.0 Å². The molecule has 5 heteroatoms. The van der Waals surface area contributed by atoms with Crippen molar-refractivity contribution in [1.82, 2.24) is 0 Å². The number of ether oxygens (including phenoxy) is 3. The van der Waals surface area contributed by atoms with E-state index < -0.39 is 11.4 Å². The van der Waals surface area contributed by atoms with Gasteiger partial charge in [0, 0.05) is 5.92 Å². The van der Waals surface area contributed by atoms with Gasteiger partial charge in [0.2, 0.25) is 0 Å². The van der Waals surface area contributed by atoms with E-state index in [0.29, 0.717) is 48.3 Å². The Bertz CT molecular complexity index is 636. The average Bonchev–Trinajstić information content (AvgIpc) is 3.51. The summed E-state index contributed by atoms with van der Waals surface area (Å²) >= 11 is 0. The third-order valence-corrected chi connectivity index (χ3v) is 8.81. The number of hydrogen-bond donors (Lipinski definition) is 1. The smallest absolute Gasteiger partial charge is 0.310 e. The summed E-state index contributed by atoms with van der Waals surface area (Å²) in [6.07, 6.45) is 11.8. The van der Waals surface area contributed by atoms with Gasteiger partial charge in [-0.1, -0.05) is 6.92 Å². The van der Waals surface area contributed by atoms with Crippen molar-refractivity contribution in [1.29, 1.82) is 0 Å². The second-order valence-electron chi connectivity index (χ2n) is 10.5. The predicted molar refractivity (Wildman–Crippen MR) is 97.2 cm³/mol. The van der Waals surface area contributed by atoms with E-state index in [9.17, 15) is 9.90 Å². The van der Waals surface area contributed by atoms with Crippen LogP contribution >= 0.6 is 0 Å². The first-order valence-corrected chi connectivity index (χ1v) is 11.2. The van der Waals surface area contributed by atoms with Crippen molar-refractivity contribution in [2.75, 3.05) is 0 Å². The molecule has 150 valence electrons. The molecule has 6 fully saturated rings. The lowest BCUT2D eigenvalue weighted by atomic mass is 9.56.